The molecule has 15 heavy (non-hydrogen) atoms. The van der Waals surface area contributed by atoms with E-state index in [1.165, 1.54) is 18.9 Å². The normalized spacial score (nSPS) is 21.3. The zero-order chi connectivity index (χ0) is 10.7. The lowest BCUT2D eigenvalue weighted by Gasteiger charge is -2.24. The summed E-state index contributed by atoms with van der Waals surface area (Å²) in [5.74, 6) is 0.404. The summed E-state index contributed by atoms with van der Waals surface area (Å²) in [4.78, 5) is 0. The Morgan fingerprint density at radius 2 is 2.27 bits per heavy atom. The van der Waals surface area contributed by atoms with Gasteiger partial charge in [-0.05, 0) is 25.5 Å². The van der Waals surface area contributed by atoms with E-state index in [1.54, 1.807) is 7.11 Å². The first-order valence-electron chi connectivity index (χ1n) is 5.38. The lowest BCUT2D eigenvalue weighted by molar-refractivity contribution is 0.391. The number of ether oxygens (including phenoxy) is 1. The third-order valence-electron chi connectivity index (χ3n) is 2.89. The highest BCUT2D eigenvalue weighted by Crippen LogP contribution is 2.27. The Morgan fingerprint density at radius 1 is 1.40 bits per heavy atom. The second kappa shape index (κ2) is 4.62. The Hall–Kier alpha value is -1.09. The molecule has 1 atom stereocenters. The second-order valence-corrected chi connectivity index (χ2v) is 3.89. The molecule has 2 rings (SSSR count). The molecule has 2 nitrogen and oxygen atoms in total. The molecular formula is C12H16FNO. The van der Waals surface area contributed by atoms with Crippen LogP contribution in [0.2, 0.25) is 0 Å². The third kappa shape index (κ3) is 2.29. The van der Waals surface area contributed by atoms with Crippen LogP contribution in [0.5, 0.6) is 5.75 Å². The summed E-state index contributed by atoms with van der Waals surface area (Å²) in [7, 11) is 1.55. The summed E-state index contributed by atoms with van der Waals surface area (Å²) < 4.78 is 18.7. The van der Waals surface area contributed by atoms with Crippen molar-refractivity contribution in [3.8, 4) is 5.75 Å². The van der Waals surface area contributed by atoms with E-state index in [1.807, 2.05) is 12.1 Å². The van der Waals surface area contributed by atoms with E-state index in [0.29, 0.717) is 5.75 Å². The largest absolute Gasteiger partial charge is 0.497 e. The zero-order valence-corrected chi connectivity index (χ0v) is 8.92. The highest BCUT2D eigenvalue weighted by molar-refractivity contribution is 5.31. The number of methoxy groups -OCH3 is 1. The van der Waals surface area contributed by atoms with Crippen molar-refractivity contribution >= 4 is 0 Å². The maximum Gasteiger partial charge on any atom is 0.131 e. The Bertz CT molecular complexity index is 334. The van der Waals surface area contributed by atoms with Crippen LogP contribution in [0.4, 0.5) is 4.39 Å². The van der Waals surface area contributed by atoms with Crippen molar-refractivity contribution in [2.45, 2.75) is 25.3 Å². The summed E-state index contributed by atoms with van der Waals surface area (Å²) in [5, 5.41) is 3.33. The molecule has 1 aromatic carbocycles. The molecule has 0 bridgehead atoms. The first kappa shape index (κ1) is 10.4. The molecular weight excluding hydrogens is 193 g/mol. The van der Waals surface area contributed by atoms with Crippen molar-refractivity contribution in [3.05, 3.63) is 29.6 Å². The molecule has 1 aliphatic heterocycles. The summed E-state index contributed by atoms with van der Waals surface area (Å²) in [6.07, 6.45) is 3.38. The van der Waals surface area contributed by atoms with E-state index >= 15 is 0 Å². The predicted molar refractivity (Wildman–Crippen MR) is 57.5 cm³/mol. The van der Waals surface area contributed by atoms with Gasteiger partial charge in [-0.15, -0.1) is 0 Å². The minimum atomic E-state index is -0.172. The van der Waals surface area contributed by atoms with Crippen LogP contribution in [0.15, 0.2) is 18.2 Å². The quantitative estimate of drug-likeness (QED) is 0.808. The fourth-order valence-corrected chi connectivity index (χ4v) is 2.03. The van der Waals surface area contributed by atoms with Crippen LogP contribution in [0.25, 0.3) is 0 Å². The van der Waals surface area contributed by atoms with Crippen LogP contribution in [0.1, 0.15) is 30.9 Å². The molecule has 1 saturated heterocycles. The van der Waals surface area contributed by atoms with Gasteiger partial charge >= 0.3 is 0 Å². The van der Waals surface area contributed by atoms with Gasteiger partial charge in [0, 0.05) is 17.7 Å². The predicted octanol–water partition coefficient (Wildman–Crippen LogP) is 2.65. The fourth-order valence-electron chi connectivity index (χ4n) is 2.03. The summed E-state index contributed by atoms with van der Waals surface area (Å²) in [6, 6.07) is 5.25. The molecule has 1 fully saturated rings. The van der Waals surface area contributed by atoms with Gasteiger partial charge in [0.15, 0.2) is 0 Å². The highest BCUT2D eigenvalue weighted by atomic mass is 19.1. The molecule has 0 radical (unpaired) electrons. The molecule has 0 unspecified atom stereocenters. The number of piperidine rings is 1. The van der Waals surface area contributed by atoms with Crippen LogP contribution in [0, 0.1) is 5.82 Å². The number of rotatable bonds is 2. The number of nitrogens with one attached hydrogen (secondary N) is 1. The molecule has 0 amide bonds. The number of hydrogen-bond acceptors (Lipinski definition) is 2. The van der Waals surface area contributed by atoms with E-state index in [2.05, 4.69) is 5.32 Å². The lowest BCUT2D eigenvalue weighted by atomic mass is 9.97. The maximum absolute atomic E-state index is 13.7. The van der Waals surface area contributed by atoms with E-state index in [4.69, 9.17) is 4.74 Å². The van der Waals surface area contributed by atoms with Crippen molar-refractivity contribution in [1.82, 2.24) is 5.32 Å². The molecule has 1 heterocycles. The Labute approximate surface area is 89.4 Å². The molecule has 0 aromatic heterocycles. The molecule has 0 aliphatic carbocycles. The standard InChI is InChI=1S/C12H16FNO/c1-15-9-5-6-10(11(13)8-9)12-4-2-3-7-14-12/h5-6,8,12,14H,2-4,7H2,1H3/t12-/m0/s1. The van der Waals surface area contributed by atoms with E-state index < -0.39 is 0 Å². The van der Waals surface area contributed by atoms with Crippen LogP contribution in [-0.4, -0.2) is 13.7 Å². The molecule has 1 aliphatic rings. The fraction of sp³-hybridized carbons (Fsp3) is 0.500. The molecule has 0 saturated carbocycles. The number of halogens is 1. The molecule has 82 valence electrons. The molecule has 0 spiro atoms. The highest BCUT2D eigenvalue weighted by Gasteiger charge is 2.18. The summed E-state index contributed by atoms with van der Waals surface area (Å²) in [6.45, 7) is 0.982. The van der Waals surface area contributed by atoms with Crippen LogP contribution < -0.4 is 10.1 Å². The SMILES string of the molecule is COc1ccc([C@@H]2CCCCN2)c(F)c1. The van der Waals surface area contributed by atoms with Gasteiger partial charge in [0.2, 0.25) is 0 Å². The average Bonchev–Trinajstić information content (AvgIpc) is 2.30. The van der Waals surface area contributed by atoms with Crippen LogP contribution >= 0.6 is 0 Å². The second-order valence-electron chi connectivity index (χ2n) is 3.89. The van der Waals surface area contributed by atoms with Crippen molar-refractivity contribution in [3.63, 3.8) is 0 Å². The summed E-state index contributed by atoms with van der Waals surface area (Å²) in [5.41, 5.74) is 0.760. The lowest BCUT2D eigenvalue weighted by Crippen LogP contribution is -2.27. The molecule has 1 aromatic rings. The van der Waals surface area contributed by atoms with Gasteiger partial charge in [0.25, 0.3) is 0 Å². The third-order valence-corrected chi connectivity index (χ3v) is 2.89. The monoisotopic (exact) mass is 209 g/mol. The average molecular weight is 209 g/mol. The van der Waals surface area contributed by atoms with E-state index in [9.17, 15) is 4.39 Å². The van der Waals surface area contributed by atoms with Gasteiger partial charge in [-0.25, -0.2) is 4.39 Å². The van der Waals surface area contributed by atoms with E-state index in [-0.39, 0.29) is 11.9 Å². The Kier molecular flexibility index (Phi) is 3.21. The number of hydrogen-bond donors (Lipinski definition) is 1. The maximum atomic E-state index is 13.7. The van der Waals surface area contributed by atoms with Gasteiger partial charge in [0.05, 0.1) is 7.11 Å². The van der Waals surface area contributed by atoms with E-state index in [0.717, 1.165) is 18.5 Å². The molecule has 1 N–H and O–H groups in total. The van der Waals surface area contributed by atoms with Gasteiger partial charge in [-0.1, -0.05) is 12.5 Å². The van der Waals surface area contributed by atoms with Crippen molar-refractivity contribution in [1.29, 1.82) is 0 Å². The first-order valence-corrected chi connectivity index (χ1v) is 5.38. The minimum Gasteiger partial charge on any atom is -0.497 e. The van der Waals surface area contributed by atoms with Gasteiger partial charge in [-0.2, -0.15) is 0 Å². The minimum absolute atomic E-state index is 0.171. The van der Waals surface area contributed by atoms with Crippen molar-refractivity contribution in [2.24, 2.45) is 0 Å². The Balaban J connectivity index is 2.19. The topological polar surface area (TPSA) is 21.3 Å². The molecule has 3 heteroatoms. The van der Waals surface area contributed by atoms with Crippen LogP contribution in [0.3, 0.4) is 0 Å². The Morgan fingerprint density at radius 3 is 2.87 bits per heavy atom. The summed E-state index contributed by atoms with van der Waals surface area (Å²) >= 11 is 0. The van der Waals surface area contributed by atoms with Gasteiger partial charge < -0.3 is 10.1 Å². The van der Waals surface area contributed by atoms with Crippen LogP contribution in [-0.2, 0) is 0 Å². The van der Waals surface area contributed by atoms with Crippen molar-refractivity contribution in [2.75, 3.05) is 13.7 Å². The van der Waals surface area contributed by atoms with Gasteiger partial charge in [0.1, 0.15) is 11.6 Å². The van der Waals surface area contributed by atoms with Crippen molar-refractivity contribution < 1.29 is 9.13 Å². The van der Waals surface area contributed by atoms with Gasteiger partial charge in [-0.3, -0.25) is 0 Å². The zero-order valence-electron chi connectivity index (χ0n) is 8.92. The first-order chi connectivity index (χ1) is 7.31. The number of benzene rings is 1. The smallest absolute Gasteiger partial charge is 0.131 e.